The lowest BCUT2D eigenvalue weighted by Gasteiger charge is -2.61. The second-order valence-electron chi connectivity index (χ2n) is 6.57. The highest BCUT2D eigenvalue weighted by Crippen LogP contribution is 2.61. The fourth-order valence-corrected chi connectivity index (χ4v) is 5.07. The smallest absolute Gasteiger partial charge is 0.223 e. The maximum absolute atomic E-state index is 11.8. The van der Waals surface area contributed by atoms with Crippen molar-refractivity contribution >= 4 is 11.8 Å². The number of hydrogen-bond donors (Lipinski definition) is 2. The molecule has 4 aliphatic rings. The van der Waals surface area contributed by atoms with E-state index < -0.39 is 0 Å². The highest BCUT2D eigenvalue weighted by Gasteiger charge is 2.60. The molecule has 0 aromatic carbocycles. The molecule has 2 atom stereocenters. The second kappa shape index (κ2) is 3.24. The van der Waals surface area contributed by atoms with E-state index in [9.17, 15) is 9.59 Å². The quantitative estimate of drug-likeness (QED) is 0.749. The SMILES string of the molecule is CC(=O)NC12CC3CC(C1)CC(C(N)=O)(C3)C2. The van der Waals surface area contributed by atoms with Crippen LogP contribution in [0.3, 0.4) is 0 Å². The van der Waals surface area contributed by atoms with Crippen LogP contribution < -0.4 is 11.1 Å². The van der Waals surface area contributed by atoms with Crippen LogP contribution in [0.15, 0.2) is 0 Å². The van der Waals surface area contributed by atoms with Gasteiger partial charge in [-0.05, 0) is 50.4 Å². The molecule has 0 heterocycles. The zero-order chi connectivity index (χ0) is 12.3. The lowest BCUT2D eigenvalue weighted by atomic mass is 9.46. The molecule has 94 valence electrons. The second-order valence-corrected chi connectivity index (χ2v) is 6.57. The molecule has 4 rings (SSSR count). The Bertz CT molecular complexity index is 377. The van der Waals surface area contributed by atoms with E-state index in [0.29, 0.717) is 11.8 Å². The average Bonchev–Trinajstić information content (AvgIpc) is 2.12. The van der Waals surface area contributed by atoms with Gasteiger partial charge in [-0.1, -0.05) is 0 Å². The molecule has 0 saturated heterocycles. The highest BCUT2D eigenvalue weighted by molar-refractivity contribution is 5.82. The van der Waals surface area contributed by atoms with Gasteiger partial charge in [0.25, 0.3) is 0 Å². The van der Waals surface area contributed by atoms with E-state index in [1.54, 1.807) is 6.92 Å². The molecule has 0 spiro atoms. The van der Waals surface area contributed by atoms with Crippen LogP contribution in [0.5, 0.6) is 0 Å². The summed E-state index contributed by atoms with van der Waals surface area (Å²) in [4.78, 5) is 23.2. The lowest BCUT2D eigenvalue weighted by Crippen LogP contribution is -2.65. The summed E-state index contributed by atoms with van der Waals surface area (Å²) in [5, 5.41) is 3.12. The van der Waals surface area contributed by atoms with E-state index in [4.69, 9.17) is 5.73 Å². The van der Waals surface area contributed by atoms with Crippen LogP contribution in [0.2, 0.25) is 0 Å². The van der Waals surface area contributed by atoms with Crippen molar-refractivity contribution in [3.05, 3.63) is 0 Å². The van der Waals surface area contributed by atoms with Crippen molar-refractivity contribution in [3.63, 3.8) is 0 Å². The van der Waals surface area contributed by atoms with Crippen molar-refractivity contribution in [1.29, 1.82) is 0 Å². The first-order valence-electron chi connectivity index (χ1n) is 6.52. The number of nitrogens with one attached hydrogen (secondary N) is 1. The fraction of sp³-hybridized carbons (Fsp3) is 0.846. The molecule has 4 bridgehead atoms. The molecule has 0 aromatic rings. The Morgan fingerprint density at radius 1 is 1.18 bits per heavy atom. The zero-order valence-electron chi connectivity index (χ0n) is 10.3. The summed E-state index contributed by atoms with van der Waals surface area (Å²) in [5.41, 5.74) is 5.17. The van der Waals surface area contributed by atoms with Crippen molar-refractivity contribution in [1.82, 2.24) is 5.32 Å². The molecular formula is C13H20N2O2. The highest BCUT2D eigenvalue weighted by atomic mass is 16.2. The first kappa shape index (κ1) is 11.1. The van der Waals surface area contributed by atoms with Crippen molar-refractivity contribution in [3.8, 4) is 0 Å². The Kier molecular flexibility index (Phi) is 2.11. The van der Waals surface area contributed by atoms with Gasteiger partial charge in [-0.15, -0.1) is 0 Å². The molecule has 4 heteroatoms. The summed E-state index contributed by atoms with van der Waals surface area (Å²) >= 11 is 0. The molecule has 2 unspecified atom stereocenters. The summed E-state index contributed by atoms with van der Waals surface area (Å²) in [6.07, 6.45) is 5.95. The predicted octanol–water partition coefficient (Wildman–Crippen LogP) is 0.947. The van der Waals surface area contributed by atoms with Gasteiger partial charge in [0.05, 0.1) is 5.41 Å². The van der Waals surface area contributed by atoms with E-state index in [-0.39, 0.29) is 22.8 Å². The van der Waals surface area contributed by atoms with Crippen LogP contribution in [-0.2, 0) is 9.59 Å². The van der Waals surface area contributed by atoms with Gasteiger partial charge in [0.2, 0.25) is 11.8 Å². The average molecular weight is 236 g/mol. The Labute approximate surface area is 101 Å². The third-order valence-electron chi connectivity index (χ3n) is 5.02. The third kappa shape index (κ3) is 1.57. The summed E-state index contributed by atoms with van der Waals surface area (Å²) in [5.74, 6) is 1.03. The predicted molar refractivity (Wildman–Crippen MR) is 62.9 cm³/mol. The van der Waals surface area contributed by atoms with Crippen LogP contribution >= 0.6 is 0 Å². The number of primary amides is 1. The first-order valence-corrected chi connectivity index (χ1v) is 6.52. The number of hydrogen-bond acceptors (Lipinski definition) is 2. The van der Waals surface area contributed by atoms with Gasteiger partial charge < -0.3 is 11.1 Å². The largest absolute Gasteiger partial charge is 0.369 e. The first-order chi connectivity index (χ1) is 7.93. The van der Waals surface area contributed by atoms with Crippen molar-refractivity contribution in [2.24, 2.45) is 23.0 Å². The Balaban J connectivity index is 1.94. The summed E-state index contributed by atoms with van der Waals surface area (Å²) in [7, 11) is 0. The van der Waals surface area contributed by atoms with Crippen molar-refractivity contribution < 1.29 is 9.59 Å². The van der Waals surface area contributed by atoms with E-state index in [1.807, 2.05) is 0 Å². The number of carbonyl (C=O) groups is 2. The standard InChI is InChI=1S/C13H20N2O2/c1-8(16)15-13-5-9-2-10(6-13)4-12(3-9,7-13)11(14)17/h9-10H,2-7H2,1H3,(H2,14,17)(H,15,16). The Hall–Kier alpha value is -1.06. The topological polar surface area (TPSA) is 72.2 Å². The monoisotopic (exact) mass is 236 g/mol. The molecule has 4 nitrogen and oxygen atoms in total. The van der Waals surface area contributed by atoms with Crippen LogP contribution in [0.4, 0.5) is 0 Å². The van der Waals surface area contributed by atoms with E-state index >= 15 is 0 Å². The number of amides is 2. The molecule has 4 aliphatic carbocycles. The molecular weight excluding hydrogens is 216 g/mol. The molecule has 2 amide bonds. The van der Waals surface area contributed by atoms with Gasteiger partial charge in [0, 0.05) is 12.5 Å². The van der Waals surface area contributed by atoms with Gasteiger partial charge in [-0.2, -0.15) is 0 Å². The van der Waals surface area contributed by atoms with Crippen molar-refractivity contribution in [2.75, 3.05) is 0 Å². The lowest BCUT2D eigenvalue weighted by molar-refractivity contribution is -0.150. The molecule has 0 aromatic heterocycles. The number of nitrogens with two attached hydrogens (primary N) is 1. The van der Waals surface area contributed by atoms with Gasteiger partial charge in [-0.25, -0.2) is 0 Å². The van der Waals surface area contributed by atoms with E-state index in [0.717, 1.165) is 32.1 Å². The fourth-order valence-electron chi connectivity index (χ4n) is 5.07. The molecule has 4 saturated carbocycles. The normalized spacial score (nSPS) is 46.9. The molecule has 3 N–H and O–H groups in total. The summed E-state index contributed by atoms with van der Waals surface area (Å²) < 4.78 is 0. The number of rotatable bonds is 2. The molecule has 0 radical (unpaired) electrons. The number of carbonyl (C=O) groups excluding carboxylic acids is 2. The molecule has 17 heavy (non-hydrogen) atoms. The maximum atomic E-state index is 11.8. The van der Waals surface area contributed by atoms with Crippen molar-refractivity contribution in [2.45, 2.75) is 51.0 Å². The van der Waals surface area contributed by atoms with Crippen LogP contribution in [0.1, 0.15) is 45.4 Å². The Morgan fingerprint density at radius 2 is 1.76 bits per heavy atom. The van der Waals surface area contributed by atoms with Gasteiger partial charge in [0.1, 0.15) is 0 Å². The molecule has 0 aliphatic heterocycles. The minimum Gasteiger partial charge on any atom is -0.369 e. The van der Waals surface area contributed by atoms with Gasteiger partial charge in [-0.3, -0.25) is 9.59 Å². The zero-order valence-corrected chi connectivity index (χ0v) is 10.3. The Morgan fingerprint density at radius 3 is 2.24 bits per heavy atom. The minimum absolute atomic E-state index is 0.0200. The van der Waals surface area contributed by atoms with E-state index in [2.05, 4.69) is 5.32 Å². The van der Waals surface area contributed by atoms with Crippen LogP contribution in [-0.4, -0.2) is 17.4 Å². The summed E-state index contributed by atoms with van der Waals surface area (Å²) in [6, 6.07) is 0. The summed E-state index contributed by atoms with van der Waals surface area (Å²) in [6.45, 7) is 1.57. The maximum Gasteiger partial charge on any atom is 0.223 e. The van der Waals surface area contributed by atoms with Crippen LogP contribution in [0, 0.1) is 17.3 Å². The van der Waals surface area contributed by atoms with E-state index in [1.165, 1.54) is 6.42 Å². The van der Waals surface area contributed by atoms with Gasteiger partial charge in [0.15, 0.2) is 0 Å². The van der Waals surface area contributed by atoms with Gasteiger partial charge >= 0.3 is 0 Å². The minimum atomic E-state index is -0.327. The molecule has 4 fully saturated rings. The van der Waals surface area contributed by atoms with Crippen LogP contribution in [0.25, 0.3) is 0 Å². The third-order valence-corrected chi connectivity index (χ3v) is 5.02.